The molecule has 0 unspecified atom stereocenters. The summed E-state index contributed by atoms with van der Waals surface area (Å²) in [6, 6.07) is 75.7. The number of ether oxygens (including phenoxy) is 1. The van der Waals surface area contributed by atoms with Crippen molar-refractivity contribution in [2.24, 2.45) is 0 Å². The van der Waals surface area contributed by atoms with Gasteiger partial charge in [0, 0.05) is 54.4 Å². The van der Waals surface area contributed by atoms with E-state index < -0.39 is 0 Å². The zero-order valence-electron chi connectivity index (χ0n) is 35.4. The van der Waals surface area contributed by atoms with Gasteiger partial charge in [0.05, 0.1) is 33.4 Å². The molecule has 66 heavy (non-hydrogen) atoms. The lowest BCUT2D eigenvalue weighted by Gasteiger charge is -2.33. The van der Waals surface area contributed by atoms with Crippen molar-refractivity contribution in [1.82, 2.24) is 9.13 Å². The molecule has 15 rings (SSSR count). The molecule has 2 aliphatic rings. The molecule has 0 radical (unpaired) electrons. The third-order valence-corrected chi connectivity index (χ3v) is 14.0. The normalized spacial score (nSPS) is 12.8. The standard InChI is InChI=1S/C60H35BN2O3/c1-7-23-48(62-49-24-8-2-16-40(49)41-17-3-9-25-50(41)62)38(15-1)36-31-32-55-47(34-36)61-59-46(44-20-6-12-29-54(44)66-61)33-37(35-57(59)64-55)39-21-14-30-56-58(39)45-22-13-28-53(60(45)65-56)63-51-26-10-4-18-42(51)43-19-5-11-27-52(43)63/h1-35H. The minimum absolute atomic E-state index is 0.373. The summed E-state index contributed by atoms with van der Waals surface area (Å²) >= 11 is 0. The van der Waals surface area contributed by atoms with Gasteiger partial charge in [-0.1, -0.05) is 146 Å². The molecule has 3 aromatic heterocycles. The van der Waals surface area contributed by atoms with Gasteiger partial charge in [-0.2, -0.15) is 0 Å². The van der Waals surface area contributed by atoms with Gasteiger partial charge in [0.1, 0.15) is 22.8 Å². The second-order valence-electron chi connectivity index (χ2n) is 17.5. The Morgan fingerprint density at radius 3 is 1.64 bits per heavy atom. The van der Waals surface area contributed by atoms with E-state index in [1.165, 1.54) is 32.6 Å². The molecule has 0 N–H and O–H groups in total. The van der Waals surface area contributed by atoms with E-state index in [1.807, 2.05) is 0 Å². The first-order valence-corrected chi connectivity index (χ1v) is 22.5. The fraction of sp³-hybridized carbons (Fsp3) is 0. The van der Waals surface area contributed by atoms with Crippen LogP contribution >= 0.6 is 0 Å². The van der Waals surface area contributed by atoms with Gasteiger partial charge in [0.2, 0.25) is 0 Å². The molecule has 13 aromatic rings. The molecule has 10 aromatic carbocycles. The molecule has 0 bridgehead atoms. The van der Waals surface area contributed by atoms with Crippen molar-refractivity contribution < 1.29 is 13.8 Å². The van der Waals surface area contributed by atoms with E-state index in [9.17, 15) is 0 Å². The van der Waals surface area contributed by atoms with Gasteiger partial charge in [-0.05, 0) is 89.0 Å². The number of fused-ring (bicyclic) bond motifs is 13. The molecule has 0 atom stereocenters. The number of nitrogens with zero attached hydrogens (tertiary/aromatic N) is 2. The van der Waals surface area contributed by atoms with Crippen molar-refractivity contribution in [3.8, 4) is 62.0 Å². The first-order valence-electron chi connectivity index (χ1n) is 22.5. The van der Waals surface area contributed by atoms with Crippen molar-refractivity contribution in [2.45, 2.75) is 0 Å². The molecule has 0 saturated heterocycles. The van der Waals surface area contributed by atoms with Crippen molar-refractivity contribution >= 4 is 83.4 Å². The summed E-state index contributed by atoms with van der Waals surface area (Å²) in [6.45, 7) is -0.373. The van der Waals surface area contributed by atoms with E-state index in [-0.39, 0.29) is 6.92 Å². The average molecular weight is 843 g/mol. The zero-order chi connectivity index (χ0) is 43.0. The van der Waals surface area contributed by atoms with Crippen molar-refractivity contribution in [1.29, 1.82) is 0 Å². The molecular weight excluding hydrogens is 807 g/mol. The molecule has 306 valence electrons. The van der Waals surface area contributed by atoms with E-state index in [0.717, 1.165) is 106 Å². The van der Waals surface area contributed by atoms with Crippen LogP contribution in [0.2, 0.25) is 0 Å². The molecule has 0 aliphatic carbocycles. The van der Waals surface area contributed by atoms with Crippen LogP contribution in [0.15, 0.2) is 217 Å². The van der Waals surface area contributed by atoms with E-state index in [0.29, 0.717) is 0 Å². The largest absolute Gasteiger partial charge is 0.551 e. The van der Waals surface area contributed by atoms with Gasteiger partial charge in [-0.15, -0.1) is 0 Å². The number of hydrogen-bond acceptors (Lipinski definition) is 3. The second-order valence-corrected chi connectivity index (χ2v) is 17.5. The monoisotopic (exact) mass is 842 g/mol. The van der Waals surface area contributed by atoms with Crippen molar-refractivity contribution in [3.63, 3.8) is 0 Å². The summed E-state index contributed by atoms with van der Waals surface area (Å²) in [5.74, 6) is 2.43. The first-order chi connectivity index (χ1) is 32.7. The number of para-hydroxylation sites is 7. The highest BCUT2D eigenvalue weighted by atomic mass is 16.5. The average Bonchev–Trinajstić information content (AvgIpc) is 4.04. The lowest BCUT2D eigenvalue weighted by Crippen LogP contribution is -2.53. The van der Waals surface area contributed by atoms with Crippen molar-refractivity contribution in [3.05, 3.63) is 212 Å². The van der Waals surface area contributed by atoms with E-state index in [2.05, 4.69) is 221 Å². The van der Waals surface area contributed by atoms with Gasteiger partial charge in [0.15, 0.2) is 5.58 Å². The predicted molar refractivity (Wildman–Crippen MR) is 271 cm³/mol. The third-order valence-electron chi connectivity index (χ3n) is 14.0. The summed E-state index contributed by atoms with van der Waals surface area (Å²) < 4.78 is 25.7. The molecule has 6 heteroatoms. The Kier molecular flexibility index (Phi) is 7.24. The smallest absolute Gasteiger partial charge is 0.434 e. The van der Waals surface area contributed by atoms with Gasteiger partial charge < -0.3 is 22.9 Å². The molecule has 0 spiro atoms. The predicted octanol–water partition coefficient (Wildman–Crippen LogP) is 14.4. The quantitative estimate of drug-likeness (QED) is 0.166. The van der Waals surface area contributed by atoms with Crippen LogP contribution in [0, 0.1) is 0 Å². The molecule has 2 aliphatic heterocycles. The Morgan fingerprint density at radius 2 is 0.924 bits per heavy atom. The topological polar surface area (TPSA) is 41.5 Å². The van der Waals surface area contributed by atoms with E-state index in [1.54, 1.807) is 0 Å². The van der Waals surface area contributed by atoms with E-state index in [4.69, 9.17) is 13.8 Å². The van der Waals surface area contributed by atoms with Crippen LogP contribution in [0.3, 0.4) is 0 Å². The third kappa shape index (κ3) is 4.90. The highest BCUT2D eigenvalue weighted by Gasteiger charge is 2.41. The Morgan fingerprint density at radius 1 is 0.364 bits per heavy atom. The maximum atomic E-state index is 7.04. The van der Waals surface area contributed by atoms with Crippen LogP contribution in [0.5, 0.6) is 17.2 Å². The SMILES string of the molecule is c1ccc2c(c1)OB1c3cc(-c4ccccc4-n4c5ccccc5c5ccccc54)ccc3Oc3cc(-c4cccc5oc6c(-n7c8ccccc8c8ccccc87)cccc6c45)cc-2c31. The number of rotatable bonds is 4. The first kappa shape index (κ1) is 35.7. The van der Waals surface area contributed by atoms with Crippen molar-refractivity contribution in [2.75, 3.05) is 0 Å². The van der Waals surface area contributed by atoms with Gasteiger partial charge in [-0.25, -0.2) is 0 Å². The van der Waals surface area contributed by atoms with Crippen LogP contribution in [0.1, 0.15) is 0 Å². The van der Waals surface area contributed by atoms with E-state index >= 15 is 0 Å². The van der Waals surface area contributed by atoms with Crippen LogP contribution in [0.4, 0.5) is 0 Å². The van der Waals surface area contributed by atoms with Crippen LogP contribution in [-0.4, -0.2) is 16.0 Å². The summed E-state index contributed by atoms with van der Waals surface area (Å²) in [5.41, 5.74) is 17.0. The number of benzene rings is 10. The number of hydrogen-bond donors (Lipinski definition) is 0. The molecular formula is C60H35BN2O3. The maximum Gasteiger partial charge on any atom is 0.434 e. The molecule has 5 heterocycles. The molecule has 0 amide bonds. The minimum atomic E-state index is -0.373. The fourth-order valence-corrected chi connectivity index (χ4v) is 11.2. The lowest BCUT2D eigenvalue weighted by molar-refractivity contribution is 0.479. The van der Waals surface area contributed by atoms with Gasteiger partial charge in [0.25, 0.3) is 0 Å². The minimum Gasteiger partial charge on any atom is -0.551 e. The number of aromatic nitrogens is 2. The van der Waals surface area contributed by atoms with Gasteiger partial charge in [-0.3, -0.25) is 0 Å². The summed E-state index contributed by atoms with van der Waals surface area (Å²) in [6.07, 6.45) is 0. The van der Waals surface area contributed by atoms with Crippen LogP contribution in [0.25, 0.3) is 110 Å². The molecule has 0 fully saturated rings. The fourth-order valence-electron chi connectivity index (χ4n) is 11.2. The molecule has 0 saturated carbocycles. The summed E-state index contributed by atoms with van der Waals surface area (Å²) in [7, 11) is 0. The number of furan rings is 1. The van der Waals surface area contributed by atoms with Crippen LogP contribution in [-0.2, 0) is 0 Å². The van der Waals surface area contributed by atoms with Crippen LogP contribution < -0.4 is 20.3 Å². The summed E-state index contributed by atoms with van der Waals surface area (Å²) in [4.78, 5) is 0. The highest BCUT2D eigenvalue weighted by molar-refractivity contribution is 6.84. The summed E-state index contributed by atoms with van der Waals surface area (Å²) in [5, 5.41) is 7.04. The molecule has 5 nitrogen and oxygen atoms in total. The zero-order valence-corrected chi connectivity index (χ0v) is 35.4. The van der Waals surface area contributed by atoms with Gasteiger partial charge >= 0.3 is 6.92 Å². The second kappa shape index (κ2) is 13.4. The Hall–Kier alpha value is -8.74. The maximum absolute atomic E-state index is 7.04. The Balaban J connectivity index is 0.897. The Labute approximate surface area is 379 Å². The lowest BCUT2D eigenvalue weighted by atomic mass is 9.50. The Bertz CT molecular complexity index is 4100. The highest BCUT2D eigenvalue weighted by Crippen LogP contribution is 2.46.